The summed E-state index contributed by atoms with van der Waals surface area (Å²) in [5.74, 6) is -0.207. The molecule has 0 heterocycles. The number of amides is 2. The van der Waals surface area contributed by atoms with E-state index in [0.717, 1.165) is 5.56 Å². The van der Waals surface area contributed by atoms with E-state index in [0.29, 0.717) is 29.0 Å². The third kappa shape index (κ3) is 7.88. The van der Waals surface area contributed by atoms with Crippen molar-refractivity contribution in [3.8, 4) is 0 Å². The number of hydrogen-bond donors (Lipinski definition) is 3. The van der Waals surface area contributed by atoms with Crippen LogP contribution in [0.2, 0.25) is 0 Å². The van der Waals surface area contributed by atoms with Crippen LogP contribution in [0.4, 0.5) is 5.69 Å². The smallest absolute Gasteiger partial charge is 0.251 e. The van der Waals surface area contributed by atoms with Crippen molar-refractivity contribution in [1.82, 2.24) is 5.32 Å². The van der Waals surface area contributed by atoms with E-state index in [-0.39, 0.29) is 17.6 Å². The molecule has 0 saturated carbocycles. The van der Waals surface area contributed by atoms with Crippen LogP contribution in [0.15, 0.2) is 48.5 Å². The fourth-order valence-corrected chi connectivity index (χ4v) is 3.81. The molecule has 156 valence electrons. The lowest BCUT2D eigenvalue weighted by Gasteiger charge is -2.18. The molecule has 0 aromatic heterocycles. The van der Waals surface area contributed by atoms with Crippen molar-refractivity contribution in [1.29, 1.82) is 0 Å². The Morgan fingerprint density at radius 3 is 2.41 bits per heavy atom. The number of benzene rings is 2. The zero-order valence-electron chi connectivity index (χ0n) is 16.3. The second-order valence-electron chi connectivity index (χ2n) is 6.67. The summed E-state index contributed by atoms with van der Waals surface area (Å²) in [5.41, 5.74) is 2.49. The van der Waals surface area contributed by atoms with Crippen LogP contribution in [0.5, 0.6) is 0 Å². The van der Waals surface area contributed by atoms with Gasteiger partial charge in [0.1, 0.15) is 6.04 Å². The van der Waals surface area contributed by atoms with E-state index in [1.165, 1.54) is 0 Å². The fourth-order valence-electron chi connectivity index (χ4n) is 2.68. The largest absolute Gasteiger partial charge is 0.340 e. The van der Waals surface area contributed by atoms with E-state index >= 15 is 0 Å². The minimum Gasteiger partial charge on any atom is -0.340 e. The molecule has 0 radical (unpaired) electrons. The van der Waals surface area contributed by atoms with Gasteiger partial charge in [-0.1, -0.05) is 29.8 Å². The van der Waals surface area contributed by atoms with Gasteiger partial charge in [-0.05, 0) is 55.2 Å². The molecule has 0 fully saturated rings. The molecular weight excluding hydrogens is 410 g/mol. The SMILES string of the molecule is CSCCC(NC(=O)c1cccc(C)c1)C(=O)Nc1ccc(CS(N)(=O)=O)cc1. The normalized spacial score (nSPS) is 12.2. The number of thioether (sulfide) groups is 1. The lowest BCUT2D eigenvalue weighted by Crippen LogP contribution is -2.44. The molecule has 4 N–H and O–H groups in total. The van der Waals surface area contributed by atoms with Crippen molar-refractivity contribution in [2.75, 3.05) is 17.3 Å². The highest BCUT2D eigenvalue weighted by molar-refractivity contribution is 7.98. The van der Waals surface area contributed by atoms with Gasteiger partial charge in [0, 0.05) is 11.3 Å². The Balaban J connectivity index is 2.07. The maximum atomic E-state index is 12.7. The van der Waals surface area contributed by atoms with E-state index in [1.807, 2.05) is 19.2 Å². The molecule has 2 aromatic carbocycles. The topological polar surface area (TPSA) is 118 Å². The van der Waals surface area contributed by atoms with Gasteiger partial charge in [0.15, 0.2) is 0 Å². The maximum absolute atomic E-state index is 12.7. The number of aryl methyl sites for hydroxylation is 1. The van der Waals surface area contributed by atoms with E-state index in [9.17, 15) is 18.0 Å². The Morgan fingerprint density at radius 2 is 1.83 bits per heavy atom. The minimum atomic E-state index is -3.62. The predicted molar refractivity (Wildman–Crippen MR) is 117 cm³/mol. The molecule has 1 atom stereocenters. The number of sulfonamides is 1. The fraction of sp³-hybridized carbons (Fsp3) is 0.300. The molecule has 0 aliphatic carbocycles. The molecule has 29 heavy (non-hydrogen) atoms. The van der Waals surface area contributed by atoms with Crippen molar-refractivity contribution >= 4 is 39.3 Å². The molecule has 2 aromatic rings. The average Bonchev–Trinajstić information content (AvgIpc) is 2.65. The molecular formula is C20H25N3O4S2. The molecule has 1 unspecified atom stereocenters. The van der Waals surface area contributed by atoms with Gasteiger partial charge < -0.3 is 10.6 Å². The number of nitrogens with two attached hydrogens (primary N) is 1. The van der Waals surface area contributed by atoms with Crippen LogP contribution >= 0.6 is 11.8 Å². The van der Waals surface area contributed by atoms with Crippen molar-refractivity contribution in [3.63, 3.8) is 0 Å². The average molecular weight is 436 g/mol. The van der Waals surface area contributed by atoms with E-state index in [2.05, 4.69) is 10.6 Å². The lowest BCUT2D eigenvalue weighted by atomic mass is 10.1. The summed E-state index contributed by atoms with van der Waals surface area (Å²) in [6, 6.07) is 12.8. The van der Waals surface area contributed by atoms with Crippen molar-refractivity contribution in [2.45, 2.75) is 25.1 Å². The monoisotopic (exact) mass is 435 g/mol. The third-order valence-electron chi connectivity index (χ3n) is 4.10. The second kappa shape index (κ2) is 10.4. The zero-order valence-corrected chi connectivity index (χ0v) is 18.0. The van der Waals surface area contributed by atoms with Gasteiger partial charge in [0.2, 0.25) is 15.9 Å². The summed E-state index contributed by atoms with van der Waals surface area (Å²) in [6.45, 7) is 1.90. The summed E-state index contributed by atoms with van der Waals surface area (Å²) < 4.78 is 22.3. The summed E-state index contributed by atoms with van der Waals surface area (Å²) in [7, 11) is -3.62. The quantitative estimate of drug-likeness (QED) is 0.558. The zero-order chi connectivity index (χ0) is 21.4. The molecule has 0 aliphatic heterocycles. The third-order valence-corrected chi connectivity index (χ3v) is 5.48. The van der Waals surface area contributed by atoms with Crippen LogP contribution in [-0.2, 0) is 20.6 Å². The molecule has 7 nitrogen and oxygen atoms in total. The van der Waals surface area contributed by atoms with E-state index in [1.54, 1.807) is 54.2 Å². The highest BCUT2D eigenvalue weighted by atomic mass is 32.2. The molecule has 0 saturated heterocycles. The predicted octanol–water partition coefficient (Wildman–Crippen LogP) is 2.27. The van der Waals surface area contributed by atoms with Crippen LogP contribution < -0.4 is 15.8 Å². The van der Waals surface area contributed by atoms with Crippen LogP contribution in [0, 0.1) is 6.92 Å². The van der Waals surface area contributed by atoms with E-state index in [4.69, 9.17) is 5.14 Å². The van der Waals surface area contributed by atoms with Crippen LogP contribution in [0.1, 0.15) is 27.9 Å². The number of primary sulfonamides is 1. The van der Waals surface area contributed by atoms with Gasteiger partial charge in [0.05, 0.1) is 5.75 Å². The number of rotatable bonds is 9. The van der Waals surface area contributed by atoms with Gasteiger partial charge in [-0.25, -0.2) is 13.6 Å². The van der Waals surface area contributed by atoms with Crippen molar-refractivity contribution in [2.24, 2.45) is 5.14 Å². The summed E-state index contributed by atoms with van der Waals surface area (Å²) in [5, 5.41) is 10.6. The Bertz CT molecular complexity index is 960. The van der Waals surface area contributed by atoms with Crippen molar-refractivity contribution < 1.29 is 18.0 Å². The first kappa shape index (κ1) is 22.9. The van der Waals surface area contributed by atoms with Crippen LogP contribution in [-0.4, -0.2) is 38.3 Å². The van der Waals surface area contributed by atoms with Gasteiger partial charge in [-0.3, -0.25) is 9.59 Å². The van der Waals surface area contributed by atoms with Crippen LogP contribution in [0.25, 0.3) is 0 Å². The van der Waals surface area contributed by atoms with Crippen LogP contribution in [0.3, 0.4) is 0 Å². The Hall–Kier alpha value is -2.36. The first-order valence-corrected chi connectivity index (χ1v) is 12.1. The standard InChI is InChI=1S/C20H25N3O4S2/c1-14-4-3-5-16(12-14)19(24)23-18(10-11-28-2)20(25)22-17-8-6-15(7-9-17)13-29(21,26)27/h3-9,12,18H,10-11,13H2,1-2H3,(H,22,25)(H,23,24)(H2,21,26,27). The first-order chi connectivity index (χ1) is 13.7. The van der Waals surface area contributed by atoms with Gasteiger partial charge in [-0.15, -0.1) is 0 Å². The Kier molecular flexibility index (Phi) is 8.24. The number of nitrogens with one attached hydrogen (secondary N) is 2. The second-order valence-corrected chi connectivity index (χ2v) is 9.27. The minimum absolute atomic E-state index is 0.274. The summed E-state index contributed by atoms with van der Waals surface area (Å²) in [6.07, 6.45) is 2.41. The molecule has 0 aliphatic rings. The molecule has 2 rings (SSSR count). The highest BCUT2D eigenvalue weighted by Crippen LogP contribution is 2.13. The number of carbonyl (C=O) groups excluding carboxylic acids is 2. The van der Waals surface area contributed by atoms with Crippen molar-refractivity contribution in [3.05, 3.63) is 65.2 Å². The highest BCUT2D eigenvalue weighted by Gasteiger charge is 2.21. The molecule has 0 bridgehead atoms. The molecule has 2 amide bonds. The summed E-state index contributed by atoms with van der Waals surface area (Å²) in [4.78, 5) is 25.3. The maximum Gasteiger partial charge on any atom is 0.251 e. The number of hydrogen-bond acceptors (Lipinski definition) is 5. The molecule has 9 heteroatoms. The van der Waals surface area contributed by atoms with Gasteiger partial charge >= 0.3 is 0 Å². The van der Waals surface area contributed by atoms with E-state index < -0.39 is 16.1 Å². The number of carbonyl (C=O) groups is 2. The van der Waals surface area contributed by atoms with Gasteiger partial charge in [-0.2, -0.15) is 11.8 Å². The summed E-state index contributed by atoms with van der Waals surface area (Å²) >= 11 is 1.59. The first-order valence-electron chi connectivity index (χ1n) is 8.94. The Morgan fingerprint density at radius 1 is 1.14 bits per heavy atom. The van der Waals surface area contributed by atoms with Gasteiger partial charge in [0.25, 0.3) is 5.91 Å². The molecule has 0 spiro atoms. The lowest BCUT2D eigenvalue weighted by molar-refractivity contribution is -0.118. The Labute approximate surface area is 175 Å². The number of anilines is 1.